The first-order valence-electron chi connectivity index (χ1n) is 14.4. The summed E-state index contributed by atoms with van der Waals surface area (Å²) >= 11 is 0. The summed E-state index contributed by atoms with van der Waals surface area (Å²) in [6.07, 6.45) is 7.28. The number of hydrogen-bond donors (Lipinski definition) is 3. The van der Waals surface area contributed by atoms with Crippen molar-refractivity contribution in [1.29, 1.82) is 0 Å². The minimum Gasteiger partial charge on any atom is -0.480 e. The first-order chi connectivity index (χ1) is 18.2. The van der Waals surface area contributed by atoms with E-state index in [4.69, 9.17) is 4.74 Å². The quantitative estimate of drug-likeness (QED) is 0.374. The van der Waals surface area contributed by atoms with Crippen LogP contribution in [0.1, 0.15) is 91.9 Å². The summed E-state index contributed by atoms with van der Waals surface area (Å²) in [6, 6.07) is -1.05. The van der Waals surface area contributed by atoms with Gasteiger partial charge < -0.3 is 20.3 Å². The number of hydrogen-bond acceptors (Lipinski definition) is 7. The van der Waals surface area contributed by atoms with E-state index in [1.165, 1.54) is 5.57 Å². The molecule has 39 heavy (non-hydrogen) atoms. The van der Waals surface area contributed by atoms with Crippen LogP contribution in [-0.2, 0) is 28.7 Å². The molecular formula is C30H43NO8. The Labute approximate surface area is 230 Å². The van der Waals surface area contributed by atoms with E-state index >= 15 is 0 Å². The second-order valence-corrected chi connectivity index (χ2v) is 13.0. The molecule has 1 amide bonds. The molecule has 0 heterocycles. The van der Waals surface area contributed by atoms with E-state index < -0.39 is 47.3 Å². The number of ether oxygens (including phenoxy) is 1. The van der Waals surface area contributed by atoms with Crippen LogP contribution in [0.3, 0.4) is 0 Å². The van der Waals surface area contributed by atoms with Crippen LogP contribution in [0.4, 0.5) is 0 Å². The number of aliphatic carboxylic acids is 1. The summed E-state index contributed by atoms with van der Waals surface area (Å²) in [6.45, 7) is 7.10. The molecular weight excluding hydrogens is 502 g/mol. The highest BCUT2D eigenvalue weighted by Gasteiger charge is 2.66. The lowest BCUT2D eigenvalue weighted by molar-refractivity contribution is -0.170. The van der Waals surface area contributed by atoms with Gasteiger partial charge in [0.25, 0.3) is 0 Å². The summed E-state index contributed by atoms with van der Waals surface area (Å²) in [5.41, 5.74) is -0.908. The minimum atomic E-state index is -1.58. The highest BCUT2D eigenvalue weighted by molar-refractivity contribution is 5.92. The third kappa shape index (κ3) is 5.19. The number of carbonyl (C=O) groups excluding carboxylic acids is 4. The topological polar surface area (TPSA) is 147 Å². The number of carboxylic acid groups (broad SMARTS) is 1. The van der Waals surface area contributed by atoms with E-state index in [-0.39, 0.29) is 35.9 Å². The van der Waals surface area contributed by atoms with Crippen molar-refractivity contribution in [3.8, 4) is 0 Å². The van der Waals surface area contributed by atoms with Gasteiger partial charge in [-0.1, -0.05) is 33.3 Å². The van der Waals surface area contributed by atoms with E-state index in [9.17, 15) is 34.2 Å². The predicted molar refractivity (Wildman–Crippen MR) is 141 cm³/mol. The second-order valence-electron chi connectivity index (χ2n) is 13.0. The van der Waals surface area contributed by atoms with Crippen molar-refractivity contribution in [2.24, 2.45) is 34.5 Å². The Hall–Kier alpha value is -2.55. The molecule has 0 radical (unpaired) electrons. The van der Waals surface area contributed by atoms with Crippen molar-refractivity contribution >= 4 is 29.4 Å². The SMILES string of the molecule is CC(C)[C@H](NC(=O)CCC(=O)OCC(=O)[C@]1(O)CC[C@@H]2[C@H]3CCC4=CC(=O)CC[C@]4(C)[C@@H]3CC[C@]21C)C(=O)O. The predicted octanol–water partition coefficient (Wildman–Crippen LogP) is 3.37. The molecule has 216 valence electrons. The van der Waals surface area contributed by atoms with Gasteiger partial charge in [0.05, 0.1) is 6.42 Å². The summed E-state index contributed by atoms with van der Waals surface area (Å²) in [5.74, 6) is -2.07. The largest absolute Gasteiger partial charge is 0.480 e. The molecule has 4 aliphatic carbocycles. The van der Waals surface area contributed by atoms with Crippen LogP contribution in [-0.4, -0.2) is 57.9 Å². The number of aliphatic hydroxyl groups is 1. The monoisotopic (exact) mass is 545 g/mol. The summed E-state index contributed by atoms with van der Waals surface area (Å²) in [7, 11) is 0. The van der Waals surface area contributed by atoms with Gasteiger partial charge in [0.15, 0.2) is 12.4 Å². The number of amides is 1. The number of carboxylic acids is 1. The summed E-state index contributed by atoms with van der Waals surface area (Å²) < 4.78 is 5.18. The third-order valence-electron chi connectivity index (χ3n) is 10.7. The molecule has 9 heteroatoms. The van der Waals surface area contributed by atoms with Crippen LogP contribution >= 0.6 is 0 Å². The average molecular weight is 546 g/mol. The molecule has 4 aliphatic rings. The summed E-state index contributed by atoms with van der Waals surface area (Å²) in [5, 5.41) is 23.3. The molecule has 0 unspecified atom stereocenters. The van der Waals surface area contributed by atoms with Gasteiger partial charge in [-0.3, -0.25) is 19.2 Å². The third-order valence-corrected chi connectivity index (χ3v) is 10.7. The van der Waals surface area contributed by atoms with Crippen molar-refractivity contribution < 1.29 is 38.9 Å². The molecule has 3 N–H and O–H groups in total. The van der Waals surface area contributed by atoms with Crippen LogP contribution in [0.2, 0.25) is 0 Å². The van der Waals surface area contributed by atoms with Crippen molar-refractivity contribution in [1.82, 2.24) is 5.32 Å². The van der Waals surface area contributed by atoms with Gasteiger partial charge in [-0.25, -0.2) is 4.79 Å². The number of rotatable bonds is 9. The first-order valence-corrected chi connectivity index (χ1v) is 14.4. The van der Waals surface area contributed by atoms with Gasteiger partial charge >= 0.3 is 11.9 Å². The smallest absolute Gasteiger partial charge is 0.326 e. The fourth-order valence-electron chi connectivity index (χ4n) is 8.35. The highest BCUT2D eigenvalue weighted by Crippen LogP contribution is 2.67. The maximum Gasteiger partial charge on any atom is 0.326 e. The Morgan fingerprint density at radius 2 is 1.72 bits per heavy atom. The lowest BCUT2D eigenvalue weighted by atomic mass is 9.46. The number of ketones is 2. The van der Waals surface area contributed by atoms with Crippen LogP contribution in [0.15, 0.2) is 11.6 Å². The molecule has 3 saturated carbocycles. The standard InChI is InChI=1S/C30H43NO8/c1-17(2)26(27(36)37)31-24(34)7-8-25(35)39-16-23(33)30(38)14-11-22-20-6-5-18-15-19(32)9-12-28(18,3)21(20)10-13-29(22,30)4/h15,17,20-22,26,38H,5-14,16H2,1-4H3,(H,31,34)(H,36,37)/t20-,21+,22+,26-,28-,29+,30+/m0/s1. The van der Waals surface area contributed by atoms with Crippen molar-refractivity contribution in [3.63, 3.8) is 0 Å². The molecule has 0 aromatic rings. The number of fused-ring (bicyclic) bond motifs is 5. The van der Waals surface area contributed by atoms with Crippen LogP contribution < -0.4 is 5.32 Å². The Bertz CT molecular complexity index is 1080. The molecule has 3 fully saturated rings. The average Bonchev–Trinajstić information content (AvgIpc) is 3.16. The maximum atomic E-state index is 13.3. The summed E-state index contributed by atoms with van der Waals surface area (Å²) in [4.78, 5) is 61.0. The van der Waals surface area contributed by atoms with E-state index in [0.717, 1.165) is 32.1 Å². The van der Waals surface area contributed by atoms with Crippen LogP contribution in [0, 0.1) is 34.5 Å². The fraction of sp³-hybridized carbons (Fsp3) is 0.767. The van der Waals surface area contributed by atoms with E-state index in [1.807, 2.05) is 13.0 Å². The zero-order chi connectivity index (χ0) is 28.8. The molecule has 0 bridgehead atoms. The van der Waals surface area contributed by atoms with Crippen LogP contribution in [0.25, 0.3) is 0 Å². The van der Waals surface area contributed by atoms with Gasteiger partial charge in [-0.15, -0.1) is 0 Å². The molecule has 0 aromatic heterocycles. The first kappa shape index (κ1) is 29.4. The number of carbonyl (C=O) groups is 5. The van der Waals surface area contributed by atoms with Crippen molar-refractivity contribution in [2.45, 2.75) is 104 Å². The van der Waals surface area contributed by atoms with Gasteiger partial charge in [0, 0.05) is 18.3 Å². The Kier molecular flexibility index (Phi) is 8.14. The van der Waals surface area contributed by atoms with E-state index in [2.05, 4.69) is 12.2 Å². The Morgan fingerprint density at radius 3 is 2.38 bits per heavy atom. The molecule has 9 nitrogen and oxygen atoms in total. The van der Waals surface area contributed by atoms with Crippen molar-refractivity contribution in [2.75, 3.05) is 6.61 Å². The number of Topliss-reactive ketones (excluding diaryl/α,β-unsaturated/α-hetero) is 1. The van der Waals surface area contributed by atoms with Crippen LogP contribution in [0.5, 0.6) is 0 Å². The molecule has 4 rings (SSSR count). The highest BCUT2D eigenvalue weighted by atomic mass is 16.5. The second kappa shape index (κ2) is 10.8. The Morgan fingerprint density at radius 1 is 1.03 bits per heavy atom. The minimum absolute atomic E-state index is 0.00431. The van der Waals surface area contributed by atoms with Crippen molar-refractivity contribution in [3.05, 3.63) is 11.6 Å². The number of allylic oxidation sites excluding steroid dienone is 1. The fourth-order valence-corrected chi connectivity index (χ4v) is 8.35. The lowest BCUT2D eigenvalue weighted by Gasteiger charge is -2.58. The number of nitrogens with one attached hydrogen (secondary N) is 1. The normalized spacial score (nSPS) is 36.2. The van der Waals surface area contributed by atoms with Gasteiger partial charge in [-0.2, -0.15) is 0 Å². The lowest BCUT2D eigenvalue weighted by Crippen LogP contribution is -2.58. The van der Waals surface area contributed by atoms with Gasteiger partial charge in [-0.05, 0) is 80.1 Å². The molecule has 0 aromatic carbocycles. The van der Waals surface area contributed by atoms with Gasteiger partial charge in [0.2, 0.25) is 11.7 Å². The Balaban J connectivity index is 1.34. The molecule has 7 atom stereocenters. The van der Waals surface area contributed by atoms with E-state index in [1.54, 1.807) is 13.8 Å². The zero-order valence-corrected chi connectivity index (χ0v) is 23.6. The maximum absolute atomic E-state index is 13.3. The molecule has 0 spiro atoms. The molecule has 0 saturated heterocycles. The van der Waals surface area contributed by atoms with Gasteiger partial charge in [0.1, 0.15) is 11.6 Å². The zero-order valence-electron chi connectivity index (χ0n) is 23.6. The van der Waals surface area contributed by atoms with E-state index in [0.29, 0.717) is 31.1 Å². The number of esters is 1. The molecule has 0 aliphatic heterocycles.